The van der Waals surface area contributed by atoms with Gasteiger partial charge in [-0.25, -0.2) is 0 Å². The van der Waals surface area contributed by atoms with E-state index in [0.29, 0.717) is 42.3 Å². The molecule has 3 N–H and O–H groups in total. The summed E-state index contributed by atoms with van der Waals surface area (Å²) in [6, 6.07) is 10.5. The number of hydrogen-bond acceptors (Lipinski definition) is 5. The lowest BCUT2D eigenvalue weighted by Gasteiger charge is -2.13. The highest BCUT2D eigenvalue weighted by Gasteiger charge is 2.12. The zero-order chi connectivity index (χ0) is 23.3. The molecule has 0 fully saturated rings. The summed E-state index contributed by atoms with van der Waals surface area (Å²) in [5, 5.41) is 2.90. The molecule has 32 heavy (non-hydrogen) atoms. The second-order valence-corrected chi connectivity index (χ2v) is 7.25. The van der Waals surface area contributed by atoms with Gasteiger partial charge in [-0.1, -0.05) is 32.2 Å². The van der Waals surface area contributed by atoms with Gasteiger partial charge in [0.15, 0.2) is 0 Å². The summed E-state index contributed by atoms with van der Waals surface area (Å²) in [7, 11) is 0. The third kappa shape index (κ3) is 7.30. The van der Waals surface area contributed by atoms with E-state index in [1.165, 1.54) is 0 Å². The summed E-state index contributed by atoms with van der Waals surface area (Å²) in [5.41, 5.74) is 9.16. The Kier molecular flexibility index (Phi) is 10.0. The van der Waals surface area contributed by atoms with Gasteiger partial charge in [0.25, 0.3) is 5.91 Å². The molecule has 0 spiro atoms. The number of hydrogen-bond donors (Lipinski definition) is 2. The summed E-state index contributed by atoms with van der Waals surface area (Å²) in [5.74, 6) is 0.330. The molecule has 0 unspecified atom stereocenters. The molecule has 0 aliphatic carbocycles. The normalized spacial score (nSPS) is 10.3. The van der Waals surface area contributed by atoms with Crippen molar-refractivity contribution in [3.05, 3.63) is 66.2 Å². The summed E-state index contributed by atoms with van der Waals surface area (Å²) in [6.45, 7) is 10.4. The Bertz CT molecular complexity index is 936. The number of nitrogen functional groups attached to an aromatic ring is 1. The summed E-state index contributed by atoms with van der Waals surface area (Å²) in [4.78, 5) is 23.7. The lowest BCUT2D eigenvalue weighted by Crippen LogP contribution is -2.13. The van der Waals surface area contributed by atoms with E-state index in [2.05, 4.69) is 18.5 Å². The number of ether oxygens (including phenoxy) is 2. The first-order chi connectivity index (χ1) is 15.5. The van der Waals surface area contributed by atoms with Crippen molar-refractivity contribution in [3.63, 3.8) is 0 Å². The van der Waals surface area contributed by atoms with E-state index in [1.54, 1.807) is 55.5 Å². The van der Waals surface area contributed by atoms with Gasteiger partial charge in [0.2, 0.25) is 0 Å². The first kappa shape index (κ1) is 24.7. The zero-order valence-corrected chi connectivity index (χ0v) is 18.7. The zero-order valence-electron chi connectivity index (χ0n) is 18.7. The quantitative estimate of drug-likeness (QED) is 0.239. The molecule has 0 heterocycles. The Morgan fingerprint density at radius 3 is 2.22 bits per heavy atom. The van der Waals surface area contributed by atoms with E-state index in [0.717, 1.165) is 36.8 Å². The van der Waals surface area contributed by atoms with Crippen LogP contribution >= 0.6 is 0 Å². The van der Waals surface area contributed by atoms with E-state index >= 15 is 0 Å². The Morgan fingerprint density at radius 1 is 0.938 bits per heavy atom. The largest absolute Gasteiger partial charge is 0.494 e. The van der Waals surface area contributed by atoms with Gasteiger partial charge in [-0.2, -0.15) is 0 Å². The fourth-order valence-electron chi connectivity index (χ4n) is 3.14. The number of amides is 1. The molecule has 6 nitrogen and oxygen atoms in total. The monoisotopic (exact) mass is 436 g/mol. The van der Waals surface area contributed by atoms with Crippen molar-refractivity contribution in [2.45, 2.75) is 39.0 Å². The van der Waals surface area contributed by atoms with Crippen LogP contribution in [0.1, 0.15) is 60.5 Å². The van der Waals surface area contributed by atoms with Crippen molar-refractivity contribution >= 4 is 35.4 Å². The van der Waals surface area contributed by atoms with Crippen LogP contribution < -0.4 is 15.8 Å². The van der Waals surface area contributed by atoms with Crippen LogP contribution in [0.3, 0.4) is 0 Å². The molecule has 2 rings (SSSR count). The van der Waals surface area contributed by atoms with Crippen LogP contribution in [0.25, 0.3) is 12.2 Å². The molecule has 1 amide bonds. The van der Waals surface area contributed by atoms with Gasteiger partial charge in [0.05, 0.1) is 13.2 Å². The van der Waals surface area contributed by atoms with Crippen LogP contribution in [-0.4, -0.2) is 25.1 Å². The fraction of sp³-hybridized carbons (Fsp3) is 0.308. The standard InChI is InChI=1S/C26H32N2O4/c1-4-21-22(5-2)24(16-15-23(21)27)28-26(30)19-11-13-20(14-12-19)31-17-9-7-8-10-18-32-25(29)6-3/h4-5,11-16H,1-2,6-10,17-18,27H2,3H3,(H,28,30). The third-order valence-corrected chi connectivity index (χ3v) is 4.95. The molecule has 2 aromatic carbocycles. The second-order valence-electron chi connectivity index (χ2n) is 7.25. The smallest absolute Gasteiger partial charge is 0.305 e. The number of unbranched alkanes of at least 4 members (excludes halogenated alkanes) is 3. The lowest BCUT2D eigenvalue weighted by molar-refractivity contribution is -0.143. The van der Waals surface area contributed by atoms with Crippen LogP contribution in [0.15, 0.2) is 49.6 Å². The van der Waals surface area contributed by atoms with Crippen LogP contribution in [0.2, 0.25) is 0 Å². The van der Waals surface area contributed by atoms with Crippen LogP contribution in [0.4, 0.5) is 11.4 Å². The molecule has 0 saturated heterocycles. The van der Waals surface area contributed by atoms with Gasteiger partial charge in [0, 0.05) is 34.5 Å². The first-order valence-corrected chi connectivity index (χ1v) is 10.9. The van der Waals surface area contributed by atoms with Crippen LogP contribution in [0.5, 0.6) is 5.75 Å². The minimum absolute atomic E-state index is 0.151. The molecule has 0 radical (unpaired) electrons. The highest BCUT2D eigenvalue weighted by atomic mass is 16.5. The van der Waals surface area contributed by atoms with Crippen molar-refractivity contribution in [2.75, 3.05) is 24.3 Å². The Labute approximate surface area is 190 Å². The maximum Gasteiger partial charge on any atom is 0.305 e. The highest BCUT2D eigenvalue weighted by Crippen LogP contribution is 2.28. The number of esters is 1. The lowest BCUT2D eigenvalue weighted by atomic mass is 10.0. The molecule has 0 aromatic heterocycles. The molecule has 0 atom stereocenters. The Morgan fingerprint density at radius 2 is 1.59 bits per heavy atom. The van der Waals surface area contributed by atoms with Gasteiger partial charge in [0.1, 0.15) is 5.75 Å². The molecule has 0 aliphatic rings. The molecule has 2 aromatic rings. The number of anilines is 2. The number of nitrogens with one attached hydrogen (secondary N) is 1. The molecule has 170 valence electrons. The fourth-order valence-corrected chi connectivity index (χ4v) is 3.14. The van der Waals surface area contributed by atoms with E-state index in [4.69, 9.17) is 15.2 Å². The van der Waals surface area contributed by atoms with E-state index in [1.807, 2.05) is 0 Å². The minimum Gasteiger partial charge on any atom is -0.494 e. The maximum absolute atomic E-state index is 12.7. The van der Waals surface area contributed by atoms with Gasteiger partial charge in [-0.15, -0.1) is 0 Å². The van der Waals surface area contributed by atoms with E-state index in [9.17, 15) is 9.59 Å². The van der Waals surface area contributed by atoms with Crippen molar-refractivity contribution in [2.24, 2.45) is 0 Å². The minimum atomic E-state index is -0.233. The topological polar surface area (TPSA) is 90.7 Å². The molecular weight excluding hydrogens is 404 g/mol. The molecular formula is C26H32N2O4. The highest BCUT2D eigenvalue weighted by molar-refractivity contribution is 6.06. The predicted octanol–water partition coefficient (Wildman–Crippen LogP) is 5.70. The molecule has 0 saturated carbocycles. The average Bonchev–Trinajstić information content (AvgIpc) is 2.81. The van der Waals surface area contributed by atoms with Crippen molar-refractivity contribution in [3.8, 4) is 5.75 Å². The molecule has 6 heteroatoms. The van der Waals surface area contributed by atoms with Crippen LogP contribution in [-0.2, 0) is 9.53 Å². The van der Waals surface area contributed by atoms with E-state index in [-0.39, 0.29) is 11.9 Å². The number of rotatable bonds is 13. The van der Waals surface area contributed by atoms with Gasteiger partial charge in [-0.3, -0.25) is 9.59 Å². The van der Waals surface area contributed by atoms with E-state index < -0.39 is 0 Å². The summed E-state index contributed by atoms with van der Waals surface area (Å²) in [6.07, 6.45) is 7.49. The number of carbonyl (C=O) groups excluding carboxylic acids is 2. The Hall–Kier alpha value is -3.54. The number of carbonyl (C=O) groups is 2. The number of nitrogens with two attached hydrogens (primary N) is 1. The van der Waals surface area contributed by atoms with Crippen molar-refractivity contribution in [1.29, 1.82) is 0 Å². The number of benzene rings is 2. The third-order valence-electron chi connectivity index (χ3n) is 4.95. The van der Waals surface area contributed by atoms with Crippen LogP contribution in [0, 0.1) is 0 Å². The first-order valence-electron chi connectivity index (χ1n) is 10.9. The molecule has 0 aliphatic heterocycles. The van der Waals surface area contributed by atoms with Gasteiger partial charge < -0.3 is 20.5 Å². The summed E-state index contributed by atoms with van der Waals surface area (Å²) >= 11 is 0. The second kappa shape index (κ2) is 13.0. The van der Waals surface area contributed by atoms with Gasteiger partial charge in [-0.05, 0) is 62.1 Å². The Balaban J connectivity index is 1.79. The average molecular weight is 437 g/mol. The SMILES string of the molecule is C=Cc1c(N)ccc(NC(=O)c2ccc(OCCCCCCOC(=O)CC)cc2)c1C=C. The van der Waals surface area contributed by atoms with Gasteiger partial charge >= 0.3 is 5.97 Å². The van der Waals surface area contributed by atoms with Crippen molar-refractivity contribution in [1.82, 2.24) is 0 Å². The summed E-state index contributed by atoms with van der Waals surface area (Å²) < 4.78 is 10.8. The predicted molar refractivity (Wildman–Crippen MR) is 131 cm³/mol. The molecule has 0 bridgehead atoms. The maximum atomic E-state index is 12.7. The van der Waals surface area contributed by atoms with Crippen molar-refractivity contribution < 1.29 is 19.1 Å².